The lowest BCUT2D eigenvalue weighted by Gasteiger charge is -2.26. The van der Waals surface area contributed by atoms with E-state index in [0.29, 0.717) is 5.92 Å². The molecule has 0 aromatic carbocycles. The number of nitrogens with zero attached hydrogens (tertiary/aromatic N) is 1. The van der Waals surface area contributed by atoms with E-state index in [9.17, 15) is 4.79 Å². The van der Waals surface area contributed by atoms with Crippen LogP contribution in [0.3, 0.4) is 0 Å². The Balaban J connectivity index is 1.89. The van der Waals surface area contributed by atoms with Crippen LogP contribution in [-0.4, -0.2) is 16.5 Å². The molecule has 1 aromatic rings. The molecular weight excluding hydrogens is 226 g/mol. The zero-order chi connectivity index (χ0) is 12.5. The molecule has 2 N–H and O–H groups in total. The van der Waals surface area contributed by atoms with E-state index < -0.39 is 0 Å². The molecule has 0 unspecified atom stereocenters. The fraction of sp³-hybridized carbons (Fsp3) is 0.714. The van der Waals surface area contributed by atoms with Gasteiger partial charge in [-0.2, -0.15) is 0 Å². The Bertz CT molecular complexity index is 486. The van der Waals surface area contributed by atoms with Gasteiger partial charge in [0.1, 0.15) is 5.82 Å². The van der Waals surface area contributed by atoms with Gasteiger partial charge in [0, 0.05) is 18.0 Å². The molecule has 0 radical (unpaired) electrons. The second-order valence-corrected chi connectivity index (χ2v) is 5.76. The summed E-state index contributed by atoms with van der Waals surface area (Å²) in [4.78, 5) is 19.8. The van der Waals surface area contributed by atoms with Crippen molar-refractivity contribution in [2.45, 2.75) is 51.5 Å². The number of hydrogen-bond donors (Lipinski definition) is 2. The molecule has 0 amide bonds. The molecule has 4 heteroatoms. The van der Waals surface area contributed by atoms with E-state index in [-0.39, 0.29) is 5.56 Å². The van der Waals surface area contributed by atoms with E-state index in [1.807, 2.05) is 0 Å². The Morgan fingerprint density at radius 2 is 2.00 bits per heavy atom. The standard InChI is InChI=1S/C14H21N3O/c1-9-2-4-10(5-3-9)13-16-12-8-15-7-6-11(12)14(18)17-13/h9-10,15H,2-8H2,1H3,(H,16,17,18). The minimum absolute atomic E-state index is 0.0927. The van der Waals surface area contributed by atoms with Crippen LogP contribution in [0.25, 0.3) is 0 Å². The molecule has 18 heavy (non-hydrogen) atoms. The first kappa shape index (κ1) is 11.9. The summed E-state index contributed by atoms with van der Waals surface area (Å²) in [6, 6.07) is 0. The zero-order valence-electron chi connectivity index (χ0n) is 11.0. The summed E-state index contributed by atoms with van der Waals surface area (Å²) in [6.07, 6.45) is 5.64. The molecule has 0 atom stereocenters. The van der Waals surface area contributed by atoms with Crippen molar-refractivity contribution in [3.63, 3.8) is 0 Å². The van der Waals surface area contributed by atoms with Crippen LogP contribution < -0.4 is 10.9 Å². The number of aromatic amines is 1. The third kappa shape index (κ3) is 2.21. The van der Waals surface area contributed by atoms with Gasteiger partial charge < -0.3 is 10.3 Å². The molecule has 0 saturated heterocycles. The fourth-order valence-electron chi connectivity index (χ4n) is 3.11. The molecule has 4 nitrogen and oxygen atoms in total. The van der Waals surface area contributed by atoms with Gasteiger partial charge in [-0.25, -0.2) is 4.98 Å². The Labute approximate surface area is 107 Å². The Morgan fingerprint density at radius 1 is 1.22 bits per heavy atom. The number of H-pyrrole nitrogens is 1. The minimum Gasteiger partial charge on any atom is -0.311 e. The van der Waals surface area contributed by atoms with Gasteiger partial charge in [0.2, 0.25) is 0 Å². The lowest BCUT2D eigenvalue weighted by molar-refractivity contribution is 0.338. The topological polar surface area (TPSA) is 57.8 Å². The van der Waals surface area contributed by atoms with Gasteiger partial charge in [0.05, 0.1) is 5.69 Å². The second kappa shape index (κ2) is 4.84. The van der Waals surface area contributed by atoms with Gasteiger partial charge in [-0.3, -0.25) is 4.79 Å². The van der Waals surface area contributed by atoms with Crippen molar-refractivity contribution < 1.29 is 0 Å². The first-order chi connectivity index (χ1) is 8.74. The van der Waals surface area contributed by atoms with E-state index in [1.54, 1.807) is 0 Å². The Kier molecular flexibility index (Phi) is 3.20. The van der Waals surface area contributed by atoms with Gasteiger partial charge in [0.15, 0.2) is 0 Å². The molecule has 98 valence electrons. The second-order valence-electron chi connectivity index (χ2n) is 5.76. The minimum atomic E-state index is 0.0927. The van der Waals surface area contributed by atoms with E-state index >= 15 is 0 Å². The van der Waals surface area contributed by atoms with Crippen LogP contribution in [0.2, 0.25) is 0 Å². The van der Waals surface area contributed by atoms with Gasteiger partial charge in [0.25, 0.3) is 5.56 Å². The van der Waals surface area contributed by atoms with Crippen molar-refractivity contribution in [3.8, 4) is 0 Å². The van der Waals surface area contributed by atoms with Gasteiger partial charge in [-0.05, 0) is 31.7 Å². The molecule has 2 aliphatic rings. The number of aromatic nitrogens is 2. The normalized spacial score (nSPS) is 27.8. The van der Waals surface area contributed by atoms with Crippen LogP contribution in [0, 0.1) is 5.92 Å². The van der Waals surface area contributed by atoms with Crippen molar-refractivity contribution in [2.75, 3.05) is 6.54 Å². The van der Waals surface area contributed by atoms with Crippen molar-refractivity contribution in [1.29, 1.82) is 0 Å². The van der Waals surface area contributed by atoms with Gasteiger partial charge in [-0.1, -0.05) is 19.8 Å². The molecule has 2 heterocycles. The Hall–Kier alpha value is -1.16. The molecule has 1 aliphatic heterocycles. The van der Waals surface area contributed by atoms with Crippen molar-refractivity contribution >= 4 is 0 Å². The summed E-state index contributed by atoms with van der Waals surface area (Å²) in [7, 11) is 0. The SMILES string of the molecule is CC1CCC(c2nc3c(c(=O)[nH]2)CCNC3)CC1. The zero-order valence-corrected chi connectivity index (χ0v) is 11.0. The predicted molar refractivity (Wildman–Crippen MR) is 70.6 cm³/mol. The van der Waals surface area contributed by atoms with Crippen molar-refractivity contribution in [1.82, 2.24) is 15.3 Å². The third-order valence-corrected chi connectivity index (χ3v) is 4.37. The fourth-order valence-corrected chi connectivity index (χ4v) is 3.11. The number of fused-ring (bicyclic) bond motifs is 1. The highest BCUT2D eigenvalue weighted by atomic mass is 16.1. The molecule has 1 fully saturated rings. The number of rotatable bonds is 1. The highest BCUT2D eigenvalue weighted by Gasteiger charge is 2.23. The van der Waals surface area contributed by atoms with E-state index in [0.717, 1.165) is 55.4 Å². The lowest BCUT2D eigenvalue weighted by atomic mass is 9.82. The van der Waals surface area contributed by atoms with Crippen LogP contribution in [0.5, 0.6) is 0 Å². The van der Waals surface area contributed by atoms with Crippen molar-refractivity contribution in [3.05, 3.63) is 27.4 Å². The number of hydrogen-bond acceptors (Lipinski definition) is 3. The third-order valence-electron chi connectivity index (χ3n) is 4.37. The summed E-state index contributed by atoms with van der Waals surface area (Å²) >= 11 is 0. The highest BCUT2D eigenvalue weighted by molar-refractivity contribution is 5.21. The largest absolute Gasteiger partial charge is 0.311 e. The smallest absolute Gasteiger partial charge is 0.254 e. The molecule has 1 aliphatic carbocycles. The van der Waals surface area contributed by atoms with E-state index in [4.69, 9.17) is 4.98 Å². The van der Waals surface area contributed by atoms with Crippen LogP contribution in [-0.2, 0) is 13.0 Å². The van der Waals surface area contributed by atoms with Crippen LogP contribution >= 0.6 is 0 Å². The van der Waals surface area contributed by atoms with Gasteiger partial charge >= 0.3 is 0 Å². The molecule has 0 bridgehead atoms. The highest BCUT2D eigenvalue weighted by Crippen LogP contribution is 2.33. The quantitative estimate of drug-likeness (QED) is 0.794. The first-order valence-electron chi connectivity index (χ1n) is 7.06. The Morgan fingerprint density at radius 3 is 2.78 bits per heavy atom. The van der Waals surface area contributed by atoms with Crippen LogP contribution in [0.1, 0.15) is 55.6 Å². The maximum Gasteiger partial charge on any atom is 0.254 e. The monoisotopic (exact) mass is 247 g/mol. The predicted octanol–water partition coefficient (Wildman–Crippen LogP) is 1.71. The molecule has 1 aromatic heterocycles. The molecule has 1 saturated carbocycles. The van der Waals surface area contributed by atoms with E-state index in [2.05, 4.69) is 17.2 Å². The summed E-state index contributed by atoms with van der Waals surface area (Å²) < 4.78 is 0. The maximum atomic E-state index is 12.1. The average molecular weight is 247 g/mol. The summed E-state index contributed by atoms with van der Waals surface area (Å²) in [5.74, 6) is 2.21. The van der Waals surface area contributed by atoms with Gasteiger partial charge in [-0.15, -0.1) is 0 Å². The van der Waals surface area contributed by atoms with E-state index in [1.165, 1.54) is 12.8 Å². The molecule has 0 spiro atoms. The van der Waals surface area contributed by atoms with Crippen LogP contribution in [0.4, 0.5) is 0 Å². The summed E-state index contributed by atoms with van der Waals surface area (Å²) in [5.41, 5.74) is 1.95. The first-order valence-corrected chi connectivity index (χ1v) is 7.06. The summed E-state index contributed by atoms with van der Waals surface area (Å²) in [6.45, 7) is 3.94. The lowest BCUT2D eigenvalue weighted by Crippen LogP contribution is -2.32. The van der Waals surface area contributed by atoms with Crippen LogP contribution in [0.15, 0.2) is 4.79 Å². The average Bonchev–Trinajstić information content (AvgIpc) is 2.39. The molecular formula is C14H21N3O. The number of nitrogens with one attached hydrogen (secondary N) is 2. The summed E-state index contributed by atoms with van der Waals surface area (Å²) in [5, 5.41) is 3.29. The van der Waals surface area contributed by atoms with Crippen molar-refractivity contribution in [2.24, 2.45) is 5.92 Å². The maximum absolute atomic E-state index is 12.1. The molecule has 3 rings (SSSR count).